The van der Waals surface area contributed by atoms with Crippen molar-refractivity contribution in [2.24, 2.45) is 5.92 Å². The SMILES string of the molecule is Cc1ccc(S(=O)(=O)NCc2ccco2)cc1C(=O)NCC(C)Cn1cccn1. The van der Waals surface area contributed by atoms with Crippen LogP contribution in [0.4, 0.5) is 0 Å². The highest BCUT2D eigenvalue weighted by Gasteiger charge is 2.19. The van der Waals surface area contributed by atoms with Gasteiger partial charge >= 0.3 is 0 Å². The van der Waals surface area contributed by atoms with Crippen LogP contribution in [-0.4, -0.2) is 30.7 Å². The van der Waals surface area contributed by atoms with Crippen molar-refractivity contribution in [3.8, 4) is 0 Å². The molecule has 1 atom stereocenters. The van der Waals surface area contributed by atoms with E-state index in [4.69, 9.17) is 4.42 Å². The fraction of sp³-hybridized carbons (Fsp3) is 0.300. The van der Waals surface area contributed by atoms with Gasteiger partial charge in [-0.3, -0.25) is 9.48 Å². The lowest BCUT2D eigenvalue weighted by Crippen LogP contribution is -2.31. The summed E-state index contributed by atoms with van der Waals surface area (Å²) in [4.78, 5) is 12.7. The van der Waals surface area contributed by atoms with Crippen LogP contribution in [0.25, 0.3) is 0 Å². The largest absolute Gasteiger partial charge is 0.468 e. The minimum atomic E-state index is -3.78. The molecule has 3 rings (SSSR count). The second-order valence-corrected chi connectivity index (χ2v) is 8.69. The summed E-state index contributed by atoms with van der Waals surface area (Å²) in [5.41, 5.74) is 1.03. The number of carbonyl (C=O) groups is 1. The number of nitrogens with zero attached hydrogens (tertiary/aromatic N) is 2. The van der Waals surface area contributed by atoms with Crippen LogP contribution >= 0.6 is 0 Å². The number of furan rings is 1. The van der Waals surface area contributed by atoms with E-state index in [-0.39, 0.29) is 23.3 Å². The second-order valence-electron chi connectivity index (χ2n) is 6.92. The summed E-state index contributed by atoms with van der Waals surface area (Å²) in [5.74, 6) is 0.365. The van der Waals surface area contributed by atoms with Gasteiger partial charge in [0.05, 0.1) is 17.7 Å². The van der Waals surface area contributed by atoms with Gasteiger partial charge in [-0.2, -0.15) is 5.10 Å². The second kappa shape index (κ2) is 9.06. The van der Waals surface area contributed by atoms with Gasteiger partial charge in [-0.05, 0) is 48.7 Å². The molecule has 1 aromatic carbocycles. The fourth-order valence-corrected chi connectivity index (χ4v) is 3.85. The van der Waals surface area contributed by atoms with Crippen LogP contribution in [0.3, 0.4) is 0 Å². The van der Waals surface area contributed by atoms with Gasteiger partial charge in [-0.25, -0.2) is 13.1 Å². The molecule has 2 aromatic heterocycles. The van der Waals surface area contributed by atoms with Crippen molar-refractivity contribution in [1.82, 2.24) is 19.8 Å². The zero-order valence-electron chi connectivity index (χ0n) is 16.3. The summed E-state index contributed by atoms with van der Waals surface area (Å²) >= 11 is 0. The number of amides is 1. The first kappa shape index (κ1) is 20.8. The van der Waals surface area contributed by atoms with Crippen molar-refractivity contribution in [2.45, 2.75) is 31.8 Å². The monoisotopic (exact) mass is 416 g/mol. The van der Waals surface area contributed by atoms with E-state index in [0.717, 1.165) is 0 Å². The van der Waals surface area contributed by atoms with E-state index in [1.165, 1.54) is 18.4 Å². The molecule has 29 heavy (non-hydrogen) atoms. The highest BCUT2D eigenvalue weighted by molar-refractivity contribution is 7.89. The minimum absolute atomic E-state index is 0.0318. The molecule has 1 unspecified atom stereocenters. The highest BCUT2D eigenvalue weighted by atomic mass is 32.2. The molecule has 0 radical (unpaired) electrons. The van der Waals surface area contributed by atoms with E-state index in [1.807, 2.05) is 19.2 Å². The van der Waals surface area contributed by atoms with Gasteiger partial charge in [-0.1, -0.05) is 13.0 Å². The molecule has 0 aliphatic heterocycles. The molecule has 0 saturated heterocycles. The Morgan fingerprint density at radius 3 is 2.79 bits per heavy atom. The van der Waals surface area contributed by atoms with E-state index in [9.17, 15) is 13.2 Å². The Kier molecular flexibility index (Phi) is 6.50. The summed E-state index contributed by atoms with van der Waals surface area (Å²) in [6, 6.07) is 9.72. The lowest BCUT2D eigenvalue weighted by atomic mass is 10.1. The lowest BCUT2D eigenvalue weighted by Gasteiger charge is -2.14. The number of aromatic nitrogens is 2. The molecular formula is C20H24N4O4S. The maximum Gasteiger partial charge on any atom is 0.251 e. The molecule has 0 spiro atoms. The normalized spacial score (nSPS) is 12.6. The lowest BCUT2D eigenvalue weighted by molar-refractivity contribution is 0.0945. The molecule has 0 aliphatic carbocycles. The zero-order chi connectivity index (χ0) is 20.9. The van der Waals surface area contributed by atoms with Crippen molar-refractivity contribution in [3.05, 3.63) is 71.9 Å². The molecule has 154 valence electrons. The van der Waals surface area contributed by atoms with Crippen LogP contribution in [0.1, 0.15) is 28.6 Å². The van der Waals surface area contributed by atoms with E-state index >= 15 is 0 Å². The number of sulfonamides is 1. The van der Waals surface area contributed by atoms with Gasteiger partial charge in [0.2, 0.25) is 10.0 Å². The zero-order valence-corrected chi connectivity index (χ0v) is 17.1. The van der Waals surface area contributed by atoms with Crippen molar-refractivity contribution in [3.63, 3.8) is 0 Å². The topological polar surface area (TPSA) is 106 Å². The van der Waals surface area contributed by atoms with Gasteiger partial charge in [0.25, 0.3) is 5.91 Å². The molecule has 0 aliphatic rings. The number of nitrogens with one attached hydrogen (secondary N) is 2. The third-order valence-electron chi connectivity index (χ3n) is 4.45. The molecule has 2 heterocycles. The van der Waals surface area contributed by atoms with E-state index in [1.54, 1.807) is 36.0 Å². The minimum Gasteiger partial charge on any atom is -0.468 e. The first-order valence-electron chi connectivity index (χ1n) is 9.23. The molecule has 3 aromatic rings. The highest BCUT2D eigenvalue weighted by Crippen LogP contribution is 2.16. The molecule has 0 bridgehead atoms. The number of rotatable bonds is 9. The summed E-state index contributed by atoms with van der Waals surface area (Å²) < 4.78 is 34.5. The molecule has 1 amide bonds. The third kappa shape index (κ3) is 5.55. The summed E-state index contributed by atoms with van der Waals surface area (Å²) in [5, 5.41) is 7.03. The number of aryl methyl sites for hydroxylation is 1. The summed E-state index contributed by atoms with van der Waals surface area (Å²) in [6.07, 6.45) is 5.05. The Morgan fingerprint density at radius 1 is 1.28 bits per heavy atom. The quantitative estimate of drug-likeness (QED) is 0.557. The average Bonchev–Trinajstić information content (AvgIpc) is 3.39. The predicted molar refractivity (Wildman–Crippen MR) is 108 cm³/mol. The first-order valence-corrected chi connectivity index (χ1v) is 10.7. The maximum atomic E-state index is 12.6. The van der Waals surface area contributed by atoms with Crippen LogP contribution in [0, 0.1) is 12.8 Å². The van der Waals surface area contributed by atoms with Crippen molar-refractivity contribution in [2.75, 3.05) is 6.54 Å². The van der Waals surface area contributed by atoms with Gasteiger partial charge in [0, 0.05) is 31.0 Å². The third-order valence-corrected chi connectivity index (χ3v) is 5.85. The number of hydrogen-bond acceptors (Lipinski definition) is 5. The number of hydrogen-bond donors (Lipinski definition) is 2. The van der Waals surface area contributed by atoms with Crippen molar-refractivity contribution < 1.29 is 17.6 Å². The number of carbonyl (C=O) groups excluding carboxylic acids is 1. The predicted octanol–water partition coefficient (Wildman–Crippen LogP) is 2.33. The number of benzene rings is 1. The Labute approximate surface area is 170 Å². The fourth-order valence-electron chi connectivity index (χ4n) is 2.83. The molecule has 0 saturated carbocycles. The first-order chi connectivity index (χ1) is 13.8. The summed E-state index contributed by atoms with van der Waals surface area (Å²) in [7, 11) is -3.78. The molecule has 8 nitrogen and oxygen atoms in total. The van der Waals surface area contributed by atoms with Crippen molar-refractivity contribution >= 4 is 15.9 Å². The average molecular weight is 417 g/mol. The van der Waals surface area contributed by atoms with Crippen molar-refractivity contribution in [1.29, 1.82) is 0 Å². The van der Waals surface area contributed by atoms with Gasteiger partial charge in [-0.15, -0.1) is 0 Å². The molecular weight excluding hydrogens is 392 g/mol. The standard InChI is InChI=1S/C20H24N4O4S/c1-15(14-24-9-4-8-22-24)12-21-20(25)19-11-18(7-6-16(19)2)29(26,27)23-13-17-5-3-10-28-17/h3-11,15,23H,12-14H2,1-2H3,(H,21,25). The Bertz CT molecular complexity index is 1040. The van der Waals surface area contributed by atoms with Crippen LogP contribution < -0.4 is 10.0 Å². The summed E-state index contributed by atoms with van der Waals surface area (Å²) in [6.45, 7) is 4.95. The Morgan fingerprint density at radius 2 is 2.10 bits per heavy atom. The molecule has 2 N–H and O–H groups in total. The Hall–Kier alpha value is -2.91. The van der Waals surface area contributed by atoms with E-state index in [0.29, 0.717) is 30.0 Å². The van der Waals surface area contributed by atoms with Crippen LogP contribution in [0.2, 0.25) is 0 Å². The van der Waals surface area contributed by atoms with Crippen LogP contribution in [0.5, 0.6) is 0 Å². The van der Waals surface area contributed by atoms with Crippen LogP contribution in [-0.2, 0) is 23.1 Å². The maximum absolute atomic E-state index is 12.6. The van der Waals surface area contributed by atoms with Crippen LogP contribution in [0.15, 0.2) is 64.4 Å². The Balaban J connectivity index is 1.65. The van der Waals surface area contributed by atoms with Gasteiger partial charge in [0.1, 0.15) is 5.76 Å². The molecule has 0 fully saturated rings. The van der Waals surface area contributed by atoms with Gasteiger partial charge < -0.3 is 9.73 Å². The van der Waals surface area contributed by atoms with E-state index in [2.05, 4.69) is 15.1 Å². The molecule has 9 heteroatoms. The van der Waals surface area contributed by atoms with Gasteiger partial charge in [0.15, 0.2) is 0 Å². The smallest absolute Gasteiger partial charge is 0.251 e. The van der Waals surface area contributed by atoms with E-state index < -0.39 is 10.0 Å².